The normalized spacial score (nSPS) is 10.7. The van der Waals surface area contributed by atoms with Gasteiger partial charge in [-0.25, -0.2) is 0 Å². The fourth-order valence-electron chi connectivity index (χ4n) is 2.05. The molecule has 6 heteroatoms. The van der Waals surface area contributed by atoms with E-state index in [0.717, 1.165) is 26.0 Å². The first-order valence-corrected chi connectivity index (χ1v) is 7.32. The van der Waals surface area contributed by atoms with E-state index in [0.29, 0.717) is 10.8 Å². The minimum atomic E-state index is 0.460. The van der Waals surface area contributed by atoms with E-state index in [-0.39, 0.29) is 0 Å². The highest BCUT2D eigenvalue weighted by molar-refractivity contribution is 14.1. The Morgan fingerprint density at radius 1 is 1.15 bits per heavy atom. The summed E-state index contributed by atoms with van der Waals surface area (Å²) >= 11 is 8.36. The molecule has 0 saturated carbocycles. The molecule has 20 heavy (non-hydrogen) atoms. The van der Waals surface area contributed by atoms with Gasteiger partial charge in [-0.3, -0.25) is 10.1 Å². The SMILES string of the molecule is Nc1n[nH]c(-c2cc(Cl)ccc2I)c1-c1ccncc1. The Bertz CT molecular complexity index is 755. The zero-order chi connectivity index (χ0) is 14.1. The summed E-state index contributed by atoms with van der Waals surface area (Å²) in [5, 5.41) is 7.80. The predicted octanol–water partition coefficient (Wildman–Crippen LogP) is 3.98. The van der Waals surface area contributed by atoms with Gasteiger partial charge < -0.3 is 5.73 Å². The lowest BCUT2D eigenvalue weighted by molar-refractivity contribution is 1.10. The first-order chi connectivity index (χ1) is 9.66. The molecule has 0 unspecified atom stereocenters. The van der Waals surface area contributed by atoms with E-state index in [1.807, 2.05) is 30.3 Å². The summed E-state index contributed by atoms with van der Waals surface area (Å²) in [4.78, 5) is 4.02. The van der Waals surface area contributed by atoms with Gasteiger partial charge in [-0.1, -0.05) is 11.6 Å². The number of nitrogens with two attached hydrogens (primary N) is 1. The predicted molar refractivity (Wildman–Crippen MR) is 89.4 cm³/mol. The topological polar surface area (TPSA) is 67.6 Å². The van der Waals surface area contributed by atoms with Crippen LogP contribution in [0.5, 0.6) is 0 Å². The largest absolute Gasteiger partial charge is 0.382 e. The van der Waals surface area contributed by atoms with Gasteiger partial charge in [-0.05, 0) is 58.5 Å². The van der Waals surface area contributed by atoms with Gasteiger partial charge in [0, 0.05) is 26.5 Å². The Hall–Kier alpha value is -1.60. The fourth-order valence-corrected chi connectivity index (χ4v) is 2.83. The van der Waals surface area contributed by atoms with Crippen LogP contribution in [-0.2, 0) is 0 Å². The fraction of sp³-hybridized carbons (Fsp3) is 0. The molecule has 0 aliphatic carbocycles. The summed E-state index contributed by atoms with van der Waals surface area (Å²) in [6.07, 6.45) is 3.46. The molecule has 1 aromatic carbocycles. The maximum absolute atomic E-state index is 6.09. The molecule has 2 aromatic heterocycles. The Morgan fingerprint density at radius 2 is 1.90 bits per heavy atom. The van der Waals surface area contributed by atoms with Crippen molar-refractivity contribution in [3.63, 3.8) is 0 Å². The van der Waals surface area contributed by atoms with Crippen LogP contribution >= 0.6 is 34.2 Å². The van der Waals surface area contributed by atoms with Gasteiger partial charge >= 0.3 is 0 Å². The molecule has 0 aliphatic heterocycles. The summed E-state index contributed by atoms with van der Waals surface area (Å²) < 4.78 is 1.07. The van der Waals surface area contributed by atoms with E-state index in [9.17, 15) is 0 Å². The minimum absolute atomic E-state index is 0.460. The van der Waals surface area contributed by atoms with Gasteiger partial charge in [0.1, 0.15) is 0 Å². The second-order valence-electron chi connectivity index (χ2n) is 4.22. The minimum Gasteiger partial charge on any atom is -0.382 e. The number of aromatic amines is 1. The number of anilines is 1. The standard InChI is InChI=1S/C14H10ClIN4/c15-9-1-2-11(16)10(7-9)13-12(14(17)20-19-13)8-3-5-18-6-4-8/h1-7H,(H3,17,19,20). The van der Waals surface area contributed by atoms with Gasteiger partial charge in [0.25, 0.3) is 0 Å². The zero-order valence-corrected chi connectivity index (χ0v) is 13.2. The van der Waals surface area contributed by atoms with Gasteiger partial charge in [0.15, 0.2) is 5.82 Å². The molecule has 0 atom stereocenters. The van der Waals surface area contributed by atoms with Crippen molar-refractivity contribution in [1.82, 2.24) is 15.2 Å². The van der Waals surface area contributed by atoms with Gasteiger partial charge in [-0.15, -0.1) is 0 Å². The molecule has 4 nitrogen and oxygen atoms in total. The van der Waals surface area contributed by atoms with Crippen LogP contribution in [0.4, 0.5) is 5.82 Å². The molecule has 3 rings (SSSR count). The number of pyridine rings is 1. The highest BCUT2D eigenvalue weighted by atomic mass is 127. The smallest absolute Gasteiger partial charge is 0.153 e. The molecular formula is C14H10ClIN4. The Balaban J connectivity index is 2.24. The molecule has 3 N–H and O–H groups in total. The van der Waals surface area contributed by atoms with Crippen molar-refractivity contribution >= 4 is 40.0 Å². The number of halogens is 2. The number of H-pyrrole nitrogens is 1. The van der Waals surface area contributed by atoms with Crippen LogP contribution < -0.4 is 5.73 Å². The van der Waals surface area contributed by atoms with Crippen LogP contribution in [0.3, 0.4) is 0 Å². The second-order valence-corrected chi connectivity index (χ2v) is 5.82. The van der Waals surface area contributed by atoms with Crippen LogP contribution in [0.2, 0.25) is 5.02 Å². The lowest BCUT2D eigenvalue weighted by Gasteiger charge is -2.07. The van der Waals surface area contributed by atoms with Crippen molar-refractivity contribution in [2.45, 2.75) is 0 Å². The number of hydrogen-bond acceptors (Lipinski definition) is 3. The van der Waals surface area contributed by atoms with Crippen LogP contribution in [-0.4, -0.2) is 15.2 Å². The molecule has 2 heterocycles. The Labute approximate surface area is 134 Å². The number of nitrogens with one attached hydrogen (secondary N) is 1. The molecule has 100 valence electrons. The summed E-state index contributed by atoms with van der Waals surface area (Å²) in [7, 11) is 0. The summed E-state index contributed by atoms with van der Waals surface area (Å²) in [5.41, 5.74) is 9.68. The van der Waals surface area contributed by atoms with Crippen LogP contribution in [0, 0.1) is 3.57 Å². The molecule has 0 fully saturated rings. The first kappa shape index (κ1) is 13.4. The van der Waals surface area contributed by atoms with Crippen LogP contribution in [0.25, 0.3) is 22.4 Å². The third-order valence-corrected chi connectivity index (χ3v) is 4.14. The molecule has 0 bridgehead atoms. The summed E-state index contributed by atoms with van der Waals surface area (Å²) in [6, 6.07) is 9.54. The molecule has 3 aromatic rings. The van der Waals surface area contributed by atoms with Crippen molar-refractivity contribution < 1.29 is 0 Å². The third kappa shape index (κ3) is 2.38. The molecule has 0 aliphatic rings. The Morgan fingerprint density at radius 3 is 2.65 bits per heavy atom. The maximum Gasteiger partial charge on any atom is 0.153 e. The number of nitrogen functional groups attached to an aromatic ring is 1. The Kier molecular flexibility index (Phi) is 3.62. The van der Waals surface area contributed by atoms with E-state index >= 15 is 0 Å². The van der Waals surface area contributed by atoms with Gasteiger partial charge in [0.2, 0.25) is 0 Å². The highest BCUT2D eigenvalue weighted by Gasteiger charge is 2.16. The molecule has 0 amide bonds. The van der Waals surface area contributed by atoms with Crippen molar-refractivity contribution in [3.8, 4) is 22.4 Å². The monoisotopic (exact) mass is 396 g/mol. The van der Waals surface area contributed by atoms with Crippen LogP contribution in [0.15, 0.2) is 42.7 Å². The number of aromatic nitrogens is 3. The molecule has 0 saturated heterocycles. The van der Waals surface area contributed by atoms with Crippen LogP contribution in [0.1, 0.15) is 0 Å². The van der Waals surface area contributed by atoms with Crippen molar-refractivity contribution in [3.05, 3.63) is 51.3 Å². The lowest BCUT2D eigenvalue weighted by atomic mass is 10.0. The number of rotatable bonds is 2. The highest BCUT2D eigenvalue weighted by Crippen LogP contribution is 2.37. The molecular weight excluding hydrogens is 387 g/mol. The number of hydrogen-bond donors (Lipinski definition) is 2. The van der Waals surface area contributed by atoms with E-state index in [1.54, 1.807) is 12.4 Å². The quantitative estimate of drug-likeness (QED) is 0.644. The lowest BCUT2D eigenvalue weighted by Crippen LogP contribution is -1.90. The number of nitrogens with zero attached hydrogens (tertiary/aromatic N) is 2. The van der Waals surface area contributed by atoms with Gasteiger partial charge in [-0.2, -0.15) is 5.10 Å². The number of benzene rings is 1. The summed E-state index contributed by atoms with van der Waals surface area (Å²) in [6.45, 7) is 0. The zero-order valence-electron chi connectivity index (χ0n) is 10.3. The third-order valence-electron chi connectivity index (χ3n) is 2.96. The average Bonchev–Trinajstić information content (AvgIpc) is 2.84. The second kappa shape index (κ2) is 5.41. The molecule has 0 radical (unpaired) electrons. The van der Waals surface area contributed by atoms with Gasteiger partial charge in [0.05, 0.1) is 11.3 Å². The van der Waals surface area contributed by atoms with E-state index in [1.165, 1.54) is 0 Å². The van der Waals surface area contributed by atoms with Crippen molar-refractivity contribution in [2.24, 2.45) is 0 Å². The average molecular weight is 397 g/mol. The molecule has 0 spiro atoms. The van der Waals surface area contributed by atoms with E-state index in [2.05, 4.69) is 37.8 Å². The van der Waals surface area contributed by atoms with E-state index < -0.39 is 0 Å². The first-order valence-electron chi connectivity index (χ1n) is 5.86. The van der Waals surface area contributed by atoms with E-state index in [4.69, 9.17) is 17.3 Å². The van der Waals surface area contributed by atoms with Crippen molar-refractivity contribution in [1.29, 1.82) is 0 Å². The van der Waals surface area contributed by atoms with Crippen molar-refractivity contribution in [2.75, 3.05) is 5.73 Å². The summed E-state index contributed by atoms with van der Waals surface area (Å²) in [5.74, 6) is 0.460. The maximum atomic E-state index is 6.09.